The predicted octanol–water partition coefficient (Wildman–Crippen LogP) is 4.50. The lowest BCUT2D eigenvalue weighted by atomic mass is 10.1. The summed E-state index contributed by atoms with van der Waals surface area (Å²) in [5, 5.41) is 5.81. The quantitative estimate of drug-likeness (QED) is 0.646. The summed E-state index contributed by atoms with van der Waals surface area (Å²) in [6.07, 6.45) is 6.84. The first-order chi connectivity index (χ1) is 9.76. The average molecular weight is 285 g/mol. The average Bonchev–Trinajstić information content (AvgIpc) is 2.98. The van der Waals surface area contributed by atoms with E-state index in [2.05, 4.69) is 48.2 Å². The minimum atomic E-state index is 0.993. The summed E-state index contributed by atoms with van der Waals surface area (Å²) in [5.41, 5.74) is 3.43. The number of fused-ring (bicyclic) bond motifs is 1. The SMILES string of the molecule is CCCCCc1nn2cc(-c3ccc(C)cc3)nc2s1. The van der Waals surface area contributed by atoms with Crippen LogP contribution < -0.4 is 0 Å². The fourth-order valence-corrected chi connectivity index (χ4v) is 3.15. The third kappa shape index (κ3) is 2.75. The number of imidazole rings is 1. The molecule has 0 saturated carbocycles. The molecule has 0 aliphatic carbocycles. The molecule has 0 atom stereocenters. The van der Waals surface area contributed by atoms with Crippen LogP contribution in [0, 0.1) is 6.92 Å². The van der Waals surface area contributed by atoms with Gasteiger partial charge in [0, 0.05) is 12.0 Å². The number of hydrogen-bond donors (Lipinski definition) is 0. The summed E-state index contributed by atoms with van der Waals surface area (Å²) in [6.45, 7) is 4.32. The molecule has 0 saturated heterocycles. The maximum Gasteiger partial charge on any atom is 0.212 e. The predicted molar refractivity (Wildman–Crippen MR) is 84.3 cm³/mol. The number of aryl methyl sites for hydroxylation is 2. The van der Waals surface area contributed by atoms with Crippen LogP contribution in [-0.2, 0) is 6.42 Å². The highest BCUT2D eigenvalue weighted by atomic mass is 32.1. The van der Waals surface area contributed by atoms with Crippen LogP contribution in [0.5, 0.6) is 0 Å². The number of hydrogen-bond acceptors (Lipinski definition) is 3. The van der Waals surface area contributed by atoms with Gasteiger partial charge in [0.15, 0.2) is 0 Å². The Morgan fingerprint density at radius 1 is 1.15 bits per heavy atom. The molecule has 4 heteroatoms. The monoisotopic (exact) mass is 285 g/mol. The van der Waals surface area contributed by atoms with Crippen molar-refractivity contribution in [2.45, 2.75) is 39.5 Å². The van der Waals surface area contributed by atoms with Crippen molar-refractivity contribution in [2.24, 2.45) is 0 Å². The van der Waals surface area contributed by atoms with E-state index in [1.54, 1.807) is 11.3 Å². The Labute approximate surface area is 123 Å². The van der Waals surface area contributed by atoms with Crippen molar-refractivity contribution in [3.63, 3.8) is 0 Å². The topological polar surface area (TPSA) is 30.2 Å². The van der Waals surface area contributed by atoms with Crippen molar-refractivity contribution in [1.82, 2.24) is 14.6 Å². The summed E-state index contributed by atoms with van der Waals surface area (Å²) in [5.74, 6) is 0. The molecule has 0 bridgehead atoms. The van der Waals surface area contributed by atoms with Gasteiger partial charge in [-0.2, -0.15) is 5.10 Å². The van der Waals surface area contributed by atoms with E-state index in [1.165, 1.54) is 29.8 Å². The van der Waals surface area contributed by atoms with Gasteiger partial charge in [-0.3, -0.25) is 0 Å². The number of benzene rings is 1. The molecule has 3 aromatic rings. The van der Waals surface area contributed by atoms with Crippen LogP contribution in [0.25, 0.3) is 16.2 Å². The van der Waals surface area contributed by atoms with E-state index in [0.717, 1.165) is 22.6 Å². The van der Waals surface area contributed by atoms with Gasteiger partial charge in [-0.15, -0.1) is 0 Å². The lowest BCUT2D eigenvalue weighted by Crippen LogP contribution is -1.87. The Morgan fingerprint density at radius 3 is 2.65 bits per heavy atom. The third-order valence-electron chi connectivity index (χ3n) is 3.43. The van der Waals surface area contributed by atoms with Crippen LogP contribution in [0.1, 0.15) is 36.8 Å². The third-order valence-corrected chi connectivity index (χ3v) is 4.41. The van der Waals surface area contributed by atoms with Crippen LogP contribution in [0.2, 0.25) is 0 Å². The van der Waals surface area contributed by atoms with Gasteiger partial charge in [-0.1, -0.05) is 60.9 Å². The molecule has 3 rings (SSSR count). The minimum Gasteiger partial charge on any atom is -0.217 e. The van der Waals surface area contributed by atoms with Crippen molar-refractivity contribution in [2.75, 3.05) is 0 Å². The highest BCUT2D eigenvalue weighted by Gasteiger charge is 2.09. The van der Waals surface area contributed by atoms with Crippen molar-refractivity contribution in [1.29, 1.82) is 0 Å². The molecule has 20 heavy (non-hydrogen) atoms. The van der Waals surface area contributed by atoms with E-state index in [4.69, 9.17) is 0 Å². The number of rotatable bonds is 5. The first-order valence-electron chi connectivity index (χ1n) is 7.18. The van der Waals surface area contributed by atoms with Gasteiger partial charge in [0.1, 0.15) is 5.01 Å². The zero-order valence-corrected chi connectivity index (χ0v) is 12.8. The van der Waals surface area contributed by atoms with E-state index in [9.17, 15) is 0 Å². The molecule has 2 heterocycles. The molecule has 0 spiro atoms. The number of nitrogens with zero attached hydrogens (tertiary/aromatic N) is 3. The minimum absolute atomic E-state index is 0.993. The molecule has 0 N–H and O–H groups in total. The molecular formula is C16H19N3S. The van der Waals surface area contributed by atoms with Gasteiger partial charge in [-0.25, -0.2) is 9.50 Å². The molecule has 0 amide bonds. The standard InChI is InChI=1S/C16H19N3S/c1-3-4-5-6-15-18-19-11-14(17-16(19)20-15)13-9-7-12(2)8-10-13/h7-11H,3-6H2,1-2H3. The molecule has 2 aromatic heterocycles. The van der Waals surface area contributed by atoms with Gasteiger partial charge in [0.25, 0.3) is 0 Å². The summed E-state index contributed by atoms with van der Waals surface area (Å²) in [4.78, 5) is 5.67. The molecule has 0 aliphatic rings. The van der Waals surface area contributed by atoms with E-state index >= 15 is 0 Å². The first-order valence-corrected chi connectivity index (χ1v) is 8.00. The van der Waals surface area contributed by atoms with E-state index < -0.39 is 0 Å². The molecule has 104 valence electrons. The van der Waals surface area contributed by atoms with Gasteiger partial charge in [0.05, 0.1) is 11.9 Å². The zero-order valence-electron chi connectivity index (χ0n) is 12.0. The molecule has 0 unspecified atom stereocenters. The van der Waals surface area contributed by atoms with Crippen molar-refractivity contribution >= 4 is 16.3 Å². The fourth-order valence-electron chi connectivity index (χ4n) is 2.23. The second kappa shape index (κ2) is 5.75. The van der Waals surface area contributed by atoms with Crippen LogP contribution in [0.3, 0.4) is 0 Å². The van der Waals surface area contributed by atoms with Crippen LogP contribution in [-0.4, -0.2) is 14.6 Å². The lowest BCUT2D eigenvalue weighted by Gasteiger charge is -1.96. The molecule has 1 aromatic carbocycles. The van der Waals surface area contributed by atoms with E-state index in [0.29, 0.717) is 0 Å². The Balaban J connectivity index is 1.81. The number of unbranched alkanes of at least 4 members (excludes halogenated alkanes) is 2. The Bertz CT molecular complexity index is 663. The van der Waals surface area contributed by atoms with Gasteiger partial charge in [0.2, 0.25) is 4.96 Å². The molecule has 3 nitrogen and oxygen atoms in total. The van der Waals surface area contributed by atoms with Crippen molar-refractivity contribution in [3.05, 3.63) is 41.0 Å². The Morgan fingerprint density at radius 2 is 1.95 bits per heavy atom. The first kappa shape index (κ1) is 13.3. The largest absolute Gasteiger partial charge is 0.217 e. The lowest BCUT2D eigenvalue weighted by molar-refractivity contribution is 0.706. The van der Waals surface area contributed by atoms with Gasteiger partial charge in [-0.05, 0) is 13.3 Å². The molecule has 0 aliphatic heterocycles. The molecular weight excluding hydrogens is 266 g/mol. The molecule has 0 radical (unpaired) electrons. The maximum absolute atomic E-state index is 4.68. The maximum atomic E-state index is 4.68. The highest BCUT2D eigenvalue weighted by molar-refractivity contribution is 7.16. The van der Waals surface area contributed by atoms with E-state index in [-0.39, 0.29) is 0 Å². The van der Waals surface area contributed by atoms with Gasteiger partial charge < -0.3 is 0 Å². The molecule has 0 fully saturated rings. The van der Waals surface area contributed by atoms with E-state index in [1.807, 2.05) is 10.7 Å². The smallest absolute Gasteiger partial charge is 0.212 e. The zero-order chi connectivity index (χ0) is 13.9. The summed E-state index contributed by atoms with van der Waals surface area (Å²) < 4.78 is 1.92. The second-order valence-electron chi connectivity index (χ2n) is 5.17. The van der Waals surface area contributed by atoms with Crippen molar-refractivity contribution in [3.8, 4) is 11.3 Å². The highest BCUT2D eigenvalue weighted by Crippen LogP contribution is 2.23. The normalized spacial score (nSPS) is 11.3. The summed E-state index contributed by atoms with van der Waals surface area (Å²) in [7, 11) is 0. The number of aromatic nitrogens is 3. The van der Waals surface area contributed by atoms with Crippen LogP contribution in [0.15, 0.2) is 30.5 Å². The second-order valence-corrected chi connectivity index (χ2v) is 6.21. The Hall–Kier alpha value is -1.68. The van der Waals surface area contributed by atoms with Crippen molar-refractivity contribution < 1.29 is 0 Å². The summed E-state index contributed by atoms with van der Waals surface area (Å²) >= 11 is 1.71. The Kier molecular flexibility index (Phi) is 3.83. The van der Waals surface area contributed by atoms with Crippen LogP contribution in [0.4, 0.5) is 0 Å². The summed E-state index contributed by atoms with van der Waals surface area (Å²) in [6, 6.07) is 8.46. The van der Waals surface area contributed by atoms with Gasteiger partial charge >= 0.3 is 0 Å². The van der Waals surface area contributed by atoms with Crippen LogP contribution >= 0.6 is 11.3 Å². The fraction of sp³-hybridized carbons (Fsp3) is 0.375.